The van der Waals surface area contributed by atoms with E-state index in [1.165, 1.54) is 41.4 Å². The summed E-state index contributed by atoms with van der Waals surface area (Å²) in [4.78, 5) is -0.0167. The lowest BCUT2D eigenvalue weighted by Crippen LogP contribution is -2.19. The Bertz CT molecular complexity index is 942. The fraction of sp³-hybridized carbons (Fsp3) is 0.125. The molecule has 0 amide bonds. The van der Waals surface area contributed by atoms with Gasteiger partial charge in [-0.05, 0) is 53.6 Å². The molecule has 25 heavy (non-hydrogen) atoms. The highest BCUT2D eigenvalue weighted by molar-refractivity contribution is 7.90. The van der Waals surface area contributed by atoms with E-state index in [4.69, 9.17) is 23.2 Å². The third-order valence-corrected chi connectivity index (χ3v) is 5.41. The van der Waals surface area contributed by atoms with Gasteiger partial charge in [-0.3, -0.25) is 0 Å². The maximum Gasteiger partial charge on any atom is 0.285 e. The van der Waals surface area contributed by atoms with Crippen LogP contribution in [0.4, 0.5) is 4.39 Å². The summed E-state index contributed by atoms with van der Waals surface area (Å²) in [5, 5.41) is 5.72. The molecule has 130 valence electrons. The normalized spacial score (nSPS) is 15.4. The van der Waals surface area contributed by atoms with Crippen molar-refractivity contribution < 1.29 is 12.8 Å². The van der Waals surface area contributed by atoms with Crippen LogP contribution in [0.5, 0.6) is 0 Å². The molecular weight excluding hydrogens is 388 g/mol. The largest absolute Gasteiger partial charge is 0.285 e. The van der Waals surface area contributed by atoms with Crippen LogP contribution in [0.15, 0.2) is 62.9 Å². The van der Waals surface area contributed by atoms with Crippen LogP contribution in [0.3, 0.4) is 0 Å². The number of hydrogen-bond donors (Lipinski definition) is 0. The molecule has 2 aromatic carbocycles. The SMILES string of the molecule is O=S(=O)(/N=C(\Cl)N1CCC(c2ccc(F)cc2)=N1)c1ccc(Cl)cc1. The van der Waals surface area contributed by atoms with Crippen molar-refractivity contribution in [3.05, 3.63) is 64.9 Å². The molecule has 2 aromatic rings. The Labute approximate surface area is 154 Å². The summed E-state index contributed by atoms with van der Waals surface area (Å²) in [6.07, 6.45) is 0.540. The minimum Gasteiger partial charge on any atom is -0.237 e. The highest BCUT2D eigenvalue weighted by atomic mass is 35.5. The predicted octanol–water partition coefficient (Wildman–Crippen LogP) is 3.87. The van der Waals surface area contributed by atoms with E-state index in [2.05, 4.69) is 9.50 Å². The van der Waals surface area contributed by atoms with Gasteiger partial charge in [-0.15, -0.1) is 4.40 Å². The van der Waals surface area contributed by atoms with Crippen molar-refractivity contribution in [3.8, 4) is 0 Å². The summed E-state index contributed by atoms with van der Waals surface area (Å²) < 4.78 is 41.1. The van der Waals surface area contributed by atoms with E-state index < -0.39 is 10.0 Å². The smallest absolute Gasteiger partial charge is 0.237 e. The minimum absolute atomic E-state index is 0.0167. The molecule has 0 aliphatic carbocycles. The number of hydrazone groups is 1. The van der Waals surface area contributed by atoms with E-state index in [0.29, 0.717) is 23.7 Å². The quantitative estimate of drug-likeness (QED) is 0.447. The van der Waals surface area contributed by atoms with Gasteiger partial charge in [0.2, 0.25) is 5.29 Å². The van der Waals surface area contributed by atoms with Gasteiger partial charge in [0.05, 0.1) is 10.6 Å². The molecule has 1 aliphatic rings. The van der Waals surface area contributed by atoms with Gasteiger partial charge in [-0.25, -0.2) is 9.40 Å². The van der Waals surface area contributed by atoms with Crippen LogP contribution in [0.2, 0.25) is 5.02 Å². The molecule has 5 nitrogen and oxygen atoms in total. The molecule has 0 bridgehead atoms. The maximum absolute atomic E-state index is 13.0. The van der Waals surface area contributed by atoms with Gasteiger partial charge < -0.3 is 0 Å². The zero-order valence-electron chi connectivity index (χ0n) is 12.7. The topological polar surface area (TPSA) is 62.1 Å². The van der Waals surface area contributed by atoms with E-state index in [1.807, 2.05) is 0 Å². The summed E-state index contributed by atoms with van der Waals surface area (Å²) in [7, 11) is -3.96. The second-order valence-electron chi connectivity index (χ2n) is 5.22. The molecule has 0 spiro atoms. The van der Waals surface area contributed by atoms with Crippen LogP contribution in [-0.4, -0.2) is 31.0 Å². The van der Waals surface area contributed by atoms with Gasteiger partial charge in [0.15, 0.2) is 0 Å². The molecule has 1 heterocycles. The number of amidine groups is 1. The lowest BCUT2D eigenvalue weighted by atomic mass is 10.1. The van der Waals surface area contributed by atoms with Crippen LogP contribution in [-0.2, 0) is 10.0 Å². The second-order valence-corrected chi connectivity index (χ2v) is 7.59. The van der Waals surface area contributed by atoms with Crippen LogP contribution in [0.1, 0.15) is 12.0 Å². The lowest BCUT2D eigenvalue weighted by molar-refractivity contribution is 0.500. The minimum atomic E-state index is -3.96. The number of nitrogens with zero attached hydrogens (tertiary/aromatic N) is 3. The summed E-state index contributed by atoms with van der Waals surface area (Å²) in [6, 6.07) is 11.5. The van der Waals surface area contributed by atoms with Gasteiger partial charge in [0.25, 0.3) is 10.0 Å². The van der Waals surface area contributed by atoms with E-state index in [-0.39, 0.29) is 16.0 Å². The van der Waals surface area contributed by atoms with Crippen molar-refractivity contribution in [2.45, 2.75) is 11.3 Å². The van der Waals surface area contributed by atoms with Crippen molar-refractivity contribution in [1.29, 1.82) is 0 Å². The van der Waals surface area contributed by atoms with Gasteiger partial charge in [-0.2, -0.15) is 13.5 Å². The van der Waals surface area contributed by atoms with Crippen LogP contribution in [0, 0.1) is 5.82 Å². The van der Waals surface area contributed by atoms with E-state index in [9.17, 15) is 12.8 Å². The molecule has 0 unspecified atom stereocenters. The van der Waals surface area contributed by atoms with Crippen LogP contribution < -0.4 is 0 Å². The first kappa shape index (κ1) is 17.8. The fourth-order valence-electron chi connectivity index (χ4n) is 2.24. The number of hydrogen-bond acceptors (Lipinski definition) is 3. The van der Waals surface area contributed by atoms with E-state index in [1.54, 1.807) is 12.1 Å². The lowest BCUT2D eigenvalue weighted by Gasteiger charge is -2.10. The maximum atomic E-state index is 13.0. The highest BCUT2D eigenvalue weighted by Gasteiger charge is 2.22. The molecular formula is C16H12Cl2FN3O2S. The third-order valence-electron chi connectivity index (χ3n) is 3.50. The molecule has 3 rings (SSSR count). The van der Waals surface area contributed by atoms with Crippen molar-refractivity contribution in [3.63, 3.8) is 0 Å². The summed E-state index contributed by atoms with van der Waals surface area (Å²) in [6.45, 7) is 0.380. The van der Waals surface area contributed by atoms with Crippen molar-refractivity contribution in [1.82, 2.24) is 5.01 Å². The Morgan fingerprint density at radius 1 is 1.12 bits per heavy atom. The van der Waals surface area contributed by atoms with Gasteiger partial charge in [0.1, 0.15) is 5.82 Å². The molecule has 1 aliphatic heterocycles. The fourth-order valence-corrected chi connectivity index (χ4v) is 3.64. The average molecular weight is 400 g/mol. The number of sulfonamides is 1. The van der Waals surface area contributed by atoms with Gasteiger partial charge in [0, 0.05) is 18.0 Å². The number of benzene rings is 2. The Hall–Kier alpha value is -1.96. The first-order chi connectivity index (χ1) is 11.8. The predicted molar refractivity (Wildman–Crippen MR) is 96.2 cm³/mol. The monoisotopic (exact) mass is 399 g/mol. The van der Waals surface area contributed by atoms with Crippen LogP contribution in [0.25, 0.3) is 0 Å². The molecule has 0 aromatic heterocycles. The highest BCUT2D eigenvalue weighted by Crippen LogP contribution is 2.20. The zero-order valence-corrected chi connectivity index (χ0v) is 15.1. The Morgan fingerprint density at radius 2 is 1.76 bits per heavy atom. The summed E-state index contributed by atoms with van der Waals surface area (Å²) >= 11 is 11.8. The van der Waals surface area contributed by atoms with E-state index in [0.717, 1.165) is 5.56 Å². The third kappa shape index (κ3) is 4.18. The van der Waals surface area contributed by atoms with Crippen molar-refractivity contribution in [2.24, 2.45) is 9.50 Å². The summed E-state index contributed by atoms with van der Waals surface area (Å²) in [5.74, 6) is -0.340. The molecule has 0 atom stereocenters. The summed E-state index contributed by atoms with van der Waals surface area (Å²) in [5.41, 5.74) is 1.42. The molecule has 0 radical (unpaired) electrons. The number of rotatable bonds is 3. The van der Waals surface area contributed by atoms with Crippen molar-refractivity contribution in [2.75, 3.05) is 6.54 Å². The standard InChI is InChI=1S/C16H12Cl2FN3O2S/c17-12-3-7-14(8-4-12)25(23,24)21-16(18)22-10-9-15(20-22)11-1-5-13(19)6-2-11/h1-8H,9-10H2/b21-16+. The van der Waals surface area contributed by atoms with Crippen molar-refractivity contribution >= 4 is 44.2 Å². The Balaban J connectivity index is 1.83. The Morgan fingerprint density at radius 3 is 2.40 bits per heavy atom. The van der Waals surface area contributed by atoms with Crippen LogP contribution >= 0.6 is 23.2 Å². The molecule has 0 N–H and O–H groups in total. The van der Waals surface area contributed by atoms with E-state index >= 15 is 0 Å². The van der Waals surface area contributed by atoms with Gasteiger partial charge in [-0.1, -0.05) is 23.7 Å². The first-order valence-electron chi connectivity index (χ1n) is 7.22. The molecule has 0 fully saturated rings. The van der Waals surface area contributed by atoms with Gasteiger partial charge >= 0.3 is 0 Å². The molecule has 0 saturated heterocycles. The average Bonchev–Trinajstić information content (AvgIpc) is 3.06. The Kier molecular flexibility index (Phi) is 5.08. The molecule has 0 saturated carbocycles. The number of halogens is 3. The molecule has 9 heteroatoms. The second kappa shape index (κ2) is 7.11. The first-order valence-corrected chi connectivity index (χ1v) is 9.42. The zero-order chi connectivity index (χ0) is 18.0.